The van der Waals surface area contributed by atoms with E-state index in [0.29, 0.717) is 31.3 Å². The Kier molecular flexibility index (Phi) is 12.0. The van der Waals surface area contributed by atoms with Crippen LogP contribution in [0.1, 0.15) is 32.6 Å². The summed E-state index contributed by atoms with van der Waals surface area (Å²) in [6, 6.07) is 0. The zero-order valence-electron chi connectivity index (χ0n) is 12.8. The normalized spacial score (nSPS) is 17.7. The maximum Gasteiger partial charge on any atom is 0.0701 e. The summed E-state index contributed by atoms with van der Waals surface area (Å²) in [6.07, 6.45) is 4.82. The van der Waals surface area contributed by atoms with Crippen molar-refractivity contribution in [1.82, 2.24) is 4.90 Å². The van der Waals surface area contributed by atoms with Crippen LogP contribution in [0.25, 0.3) is 0 Å². The highest BCUT2D eigenvalue weighted by Crippen LogP contribution is 2.16. The highest BCUT2D eigenvalue weighted by Gasteiger charge is 2.15. The summed E-state index contributed by atoms with van der Waals surface area (Å²) in [5, 5.41) is 0. The van der Waals surface area contributed by atoms with Crippen molar-refractivity contribution in [3.8, 4) is 0 Å². The molecule has 1 aliphatic heterocycles. The van der Waals surface area contributed by atoms with Crippen LogP contribution in [0, 0.1) is 0 Å². The van der Waals surface area contributed by atoms with Crippen LogP contribution in [0.4, 0.5) is 0 Å². The van der Waals surface area contributed by atoms with E-state index in [-0.39, 0.29) is 0 Å². The topological polar surface area (TPSA) is 30.9 Å². The van der Waals surface area contributed by atoms with Gasteiger partial charge in [-0.3, -0.25) is 0 Å². The third-order valence-corrected chi connectivity index (χ3v) is 4.37. The Balaban J connectivity index is 1.74. The minimum absolute atomic E-state index is 0.667. The van der Waals surface area contributed by atoms with Crippen molar-refractivity contribution in [2.24, 2.45) is 0 Å². The fourth-order valence-corrected chi connectivity index (χ4v) is 2.52. The molecular formula is C15H30BrNO3. The molecule has 0 bridgehead atoms. The molecule has 0 radical (unpaired) electrons. The number of hydrogen-bond acceptors (Lipinski definition) is 4. The van der Waals surface area contributed by atoms with Crippen LogP contribution < -0.4 is 0 Å². The predicted octanol–water partition coefficient (Wildman–Crippen LogP) is 2.70. The Morgan fingerprint density at radius 1 is 0.900 bits per heavy atom. The summed E-state index contributed by atoms with van der Waals surface area (Å²) in [4.78, 5) is 3.19. The van der Waals surface area contributed by atoms with E-state index < -0.39 is 0 Å². The van der Waals surface area contributed by atoms with Crippen molar-refractivity contribution in [1.29, 1.82) is 0 Å². The molecule has 0 spiro atoms. The van der Waals surface area contributed by atoms with Crippen LogP contribution in [0.3, 0.4) is 0 Å². The van der Waals surface area contributed by atoms with Gasteiger partial charge in [0.15, 0.2) is 0 Å². The smallest absolute Gasteiger partial charge is 0.0701 e. The van der Waals surface area contributed by atoms with E-state index in [4.69, 9.17) is 14.2 Å². The lowest BCUT2D eigenvalue weighted by molar-refractivity contribution is 0.00948. The second-order valence-corrected chi connectivity index (χ2v) is 6.50. The van der Waals surface area contributed by atoms with Gasteiger partial charge in [-0.05, 0) is 32.4 Å². The zero-order chi connectivity index (χ0) is 14.5. The standard InChI is InChI=1S/C15H30BrNO3/c1-2-3-9-18-11-13-20-14-12-19-10-8-17-6-4-15(16)5-7-17/h15H,2-14H2,1H3. The largest absolute Gasteiger partial charge is 0.379 e. The van der Waals surface area contributed by atoms with Crippen molar-refractivity contribution in [2.45, 2.75) is 37.4 Å². The van der Waals surface area contributed by atoms with Gasteiger partial charge in [-0.1, -0.05) is 29.3 Å². The first-order valence-electron chi connectivity index (χ1n) is 7.92. The van der Waals surface area contributed by atoms with E-state index in [1.54, 1.807) is 0 Å². The molecule has 0 aromatic carbocycles. The monoisotopic (exact) mass is 351 g/mol. The first-order valence-corrected chi connectivity index (χ1v) is 8.84. The second kappa shape index (κ2) is 13.0. The van der Waals surface area contributed by atoms with Gasteiger partial charge in [0.2, 0.25) is 0 Å². The number of unbranched alkanes of at least 4 members (excludes halogenated alkanes) is 1. The van der Waals surface area contributed by atoms with E-state index in [1.165, 1.54) is 32.4 Å². The maximum absolute atomic E-state index is 5.59. The molecule has 0 aliphatic carbocycles. The minimum atomic E-state index is 0.667. The molecule has 1 saturated heterocycles. The number of likely N-dealkylation sites (tertiary alicyclic amines) is 1. The lowest BCUT2D eigenvalue weighted by atomic mass is 10.1. The van der Waals surface area contributed by atoms with E-state index in [0.717, 1.165) is 26.2 Å². The fourth-order valence-electron chi connectivity index (χ4n) is 2.11. The molecule has 0 unspecified atom stereocenters. The van der Waals surface area contributed by atoms with Crippen LogP contribution in [-0.4, -0.2) is 69.0 Å². The highest BCUT2D eigenvalue weighted by molar-refractivity contribution is 9.09. The van der Waals surface area contributed by atoms with Gasteiger partial charge < -0.3 is 19.1 Å². The molecule has 1 fully saturated rings. The van der Waals surface area contributed by atoms with Gasteiger partial charge in [0.25, 0.3) is 0 Å². The van der Waals surface area contributed by atoms with E-state index in [2.05, 4.69) is 27.8 Å². The summed E-state index contributed by atoms with van der Waals surface area (Å²) >= 11 is 3.67. The van der Waals surface area contributed by atoms with Crippen LogP contribution in [0.5, 0.6) is 0 Å². The van der Waals surface area contributed by atoms with Crippen molar-refractivity contribution in [3.05, 3.63) is 0 Å². The minimum Gasteiger partial charge on any atom is -0.379 e. The van der Waals surface area contributed by atoms with Gasteiger partial charge in [-0.2, -0.15) is 0 Å². The summed E-state index contributed by atoms with van der Waals surface area (Å²) in [6.45, 7) is 9.96. The van der Waals surface area contributed by atoms with Gasteiger partial charge in [-0.15, -0.1) is 0 Å². The average Bonchev–Trinajstić information content (AvgIpc) is 2.47. The molecule has 1 rings (SSSR count). The number of alkyl halides is 1. The quantitative estimate of drug-likeness (QED) is 0.399. The molecule has 0 atom stereocenters. The molecule has 5 heteroatoms. The first-order chi connectivity index (χ1) is 9.83. The van der Waals surface area contributed by atoms with Gasteiger partial charge in [0.1, 0.15) is 0 Å². The Hall–Kier alpha value is 0.320. The molecular weight excluding hydrogens is 322 g/mol. The van der Waals surface area contributed by atoms with Crippen LogP contribution in [0.15, 0.2) is 0 Å². The van der Waals surface area contributed by atoms with Gasteiger partial charge in [-0.25, -0.2) is 0 Å². The third kappa shape index (κ3) is 10.1. The highest BCUT2D eigenvalue weighted by atomic mass is 79.9. The van der Waals surface area contributed by atoms with Gasteiger partial charge >= 0.3 is 0 Å². The van der Waals surface area contributed by atoms with Crippen LogP contribution in [-0.2, 0) is 14.2 Å². The number of nitrogens with zero attached hydrogens (tertiary/aromatic N) is 1. The van der Waals surface area contributed by atoms with Crippen molar-refractivity contribution >= 4 is 15.9 Å². The number of piperidine rings is 1. The molecule has 0 aromatic heterocycles. The molecule has 0 amide bonds. The zero-order valence-corrected chi connectivity index (χ0v) is 14.4. The molecule has 120 valence electrons. The summed E-state index contributed by atoms with van der Waals surface area (Å²) in [5.41, 5.74) is 0. The van der Waals surface area contributed by atoms with Crippen molar-refractivity contribution in [2.75, 3.05) is 59.3 Å². The SMILES string of the molecule is CCCCOCCOCCOCCN1CCC(Br)CC1. The first kappa shape index (κ1) is 18.4. The predicted molar refractivity (Wildman–Crippen MR) is 85.8 cm³/mol. The maximum atomic E-state index is 5.59. The number of hydrogen-bond donors (Lipinski definition) is 0. The van der Waals surface area contributed by atoms with Crippen LogP contribution in [0.2, 0.25) is 0 Å². The Labute approximate surface area is 132 Å². The van der Waals surface area contributed by atoms with E-state index >= 15 is 0 Å². The van der Waals surface area contributed by atoms with Crippen molar-refractivity contribution in [3.63, 3.8) is 0 Å². The molecule has 0 saturated carbocycles. The Morgan fingerprint density at radius 2 is 1.45 bits per heavy atom. The van der Waals surface area contributed by atoms with Gasteiger partial charge in [0, 0.05) is 18.0 Å². The molecule has 20 heavy (non-hydrogen) atoms. The second-order valence-electron chi connectivity index (χ2n) is 5.21. The fraction of sp³-hybridized carbons (Fsp3) is 1.00. The number of rotatable bonds is 12. The lowest BCUT2D eigenvalue weighted by Crippen LogP contribution is -2.36. The average molecular weight is 352 g/mol. The Bertz CT molecular complexity index is 211. The summed E-state index contributed by atoms with van der Waals surface area (Å²) in [5.74, 6) is 0. The van der Waals surface area contributed by atoms with Crippen LogP contribution >= 0.6 is 15.9 Å². The number of ether oxygens (including phenoxy) is 3. The van der Waals surface area contributed by atoms with E-state index in [1.807, 2.05) is 0 Å². The van der Waals surface area contributed by atoms with E-state index in [9.17, 15) is 0 Å². The molecule has 1 aliphatic rings. The summed E-state index contributed by atoms with van der Waals surface area (Å²) in [7, 11) is 0. The molecule has 1 heterocycles. The summed E-state index contributed by atoms with van der Waals surface area (Å²) < 4.78 is 16.5. The van der Waals surface area contributed by atoms with Gasteiger partial charge in [0.05, 0.1) is 33.0 Å². The molecule has 0 N–H and O–H groups in total. The third-order valence-electron chi connectivity index (χ3n) is 3.46. The molecule has 4 nitrogen and oxygen atoms in total. The van der Waals surface area contributed by atoms with Crippen molar-refractivity contribution < 1.29 is 14.2 Å². The number of halogens is 1. The molecule has 0 aromatic rings. The lowest BCUT2D eigenvalue weighted by Gasteiger charge is -2.29. The Morgan fingerprint density at radius 3 is 2.05 bits per heavy atom.